The molecule has 0 fully saturated rings. The van der Waals surface area contributed by atoms with Gasteiger partial charge in [0.25, 0.3) is 5.56 Å². The molecule has 0 radical (unpaired) electrons. The number of methoxy groups -OCH3 is 1. The Morgan fingerprint density at radius 1 is 1.14 bits per heavy atom. The molecule has 0 bridgehead atoms. The van der Waals surface area contributed by atoms with Gasteiger partial charge in [-0.2, -0.15) is 0 Å². The molecule has 1 aliphatic rings. The lowest BCUT2D eigenvalue weighted by atomic mass is 9.95. The van der Waals surface area contributed by atoms with Crippen LogP contribution in [0.3, 0.4) is 0 Å². The number of ether oxygens (including phenoxy) is 3. The summed E-state index contributed by atoms with van der Waals surface area (Å²) in [5.74, 6) is 0.567. The van der Waals surface area contributed by atoms with Crippen molar-refractivity contribution in [1.29, 1.82) is 0 Å². The van der Waals surface area contributed by atoms with Gasteiger partial charge in [0.1, 0.15) is 0 Å². The quantitative estimate of drug-likeness (QED) is 0.449. The average Bonchev–Trinajstić information content (AvgIpc) is 3.14. The molecule has 182 valence electrons. The van der Waals surface area contributed by atoms with Gasteiger partial charge in [-0.3, -0.25) is 9.36 Å². The molecular weight excluding hydrogens is 488 g/mol. The number of aromatic nitrogens is 1. The van der Waals surface area contributed by atoms with Gasteiger partial charge in [-0.25, -0.2) is 9.79 Å². The Hall–Kier alpha value is -3.36. The van der Waals surface area contributed by atoms with Crippen LogP contribution < -0.4 is 24.4 Å². The van der Waals surface area contributed by atoms with E-state index in [1.165, 1.54) is 11.3 Å². The fraction of sp³-hybridized carbons (Fsp3) is 0.269. The standard InChI is InChI=1S/C26H25ClN2O5S/c1-5-33-20-14-17(9-12-19(20)32-4)23-22(25(31)34-6-2)15(3)28-26-29(23)24(30)21(35-26)13-16-7-10-18(27)11-8-16/h7-14,23H,5-6H2,1-4H3/b21-13-. The zero-order valence-electron chi connectivity index (χ0n) is 19.8. The number of carbonyl (C=O) groups excluding carboxylic acids is 1. The summed E-state index contributed by atoms with van der Waals surface area (Å²) in [4.78, 5) is 31.8. The van der Waals surface area contributed by atoms with Crippen molar-refractivity contribution in [3.05, 3.63) is 89.6 Å². The fourth-order valence-corrected chi connectivity index (χ4v) is 5.12. The summed E-state index contributed by atoms with van der Waals surface area (Å²) in [5.41, 5.74) is 2.08. The minimum atomic E-state index is -0.734. The molecule has 4 rings (SSSR count). The predicted molar refractivity (Wildman–Crippen MR) is 136 cm³/mol. The number of hydrogen-bond acceptors (Lipinski definition) is 7. The Kier molecular flexibility index (Phi) is 7.42. The lowest BCUT2D eigenvalue weighted by molar-refractivity contribution is -0.139. The molecule has 2 heterocycles. The van der Waals surface area contributed by atoms with E-state index in [0.29, 0.717) is 49.3 Å². The highest BCUT2D eigenvalue weighted by Crippen LogP contribution is 2.36. The van der Waals surface area contributed by atoms with Crippen LogP contribution in [0.5, 0.6) is 11.5 Å². The number of rotatable bonds is 7. The molecule has 0 aliphatic carbocycles. The second kappa shape index (κ2) is 10.5. The van der Waals surface area contributed by atoms with Crippen LogP contribution in [0.25, 0.3) is 6.08 Å². The summed E-state index contributed by atoms with van der Waals surface area (Å²) >= 11 is 7.26. The van der Waals surface area contributed by atoms with Crippen LogP contribution in [0.2, 0.25) is 5.02 Å². The van der Waals surface area contributed by atoms with Crippen molar-refractivity contribution in [2.75, 3.05) is 20.3 Å². The average molecular weight is 513 g/mol. The highest BCUT2D eigenvalue weighted by molar-refractivity contribution is 7.07. The molecule has 3 aromatic rings. The largest absolute Gasteiger partial charge is 0.493 e. The Morgan fingerprint density at radius 2 is 1.89 bits per heavy atom. The normalized spacial score (nSPS) is 15.5. The van der Waals surface area contributed by atoms with Crippen molar-refractivity contribution in [3.8, 4) is 11.5 Å². The summed E-state index contributed by atoms with van der Waals surface area (Å²) in [5, 5.41) is 0.614. The molecule has 1 unspecified atom stereocenters. The van der Waals surface area contributed by atoms with Crippen molar-refractivity contribution in [2.24, 2.45) is 4.99 Å². The number of allylic oxidation sites excluding steroid dienone is 1. The van der Waals surface area contributed by atoms with Gasteiger partial charge < -0.3 is 14.2 Å². The Bertz CT molecular complexity index is 1470. The monoisotopic (exact) mass is 512 g/mol. The Morgan fingerprint density at radius 3 is 2.54 bits per heavy atom. The molecule has 9 heteroatoms. The van der Waals surface area contributed by atoms with Crippen molar-refractivity contribution >= 4 is 35.0 Å². The van der Waals surface area contributed by atoms with E-state index < -0.39 is 12.0 Å². The van der Waals surface area contributed by atoms with Gasteiger partial charge in [-0.15, -0.1) is 0 Å². The maximum Gasteiger partial charge on any atom is 0.338 e. The summed E-state index contributed by atoms with van der Waals surface area (Å²) in [6.45, 7) is 6.01. The van der Waals surface area contributed by atoms with Crippen LogP contribution in [-0.4, -0.2) is 30.9 Å². The van der Waals surface area contributed by atoms with Crippen molar-refractivity contribution in [1.82, 2.24) is 4.57 Å². The number of halogens is 1. The molecule has 35 heavy (non-hydrogen) atoms. The number of benzene rings is 2. The second-order valence-electron chi connectivity index (χ2n) is 7.70. The van der Waals surface area contributed by atoms with E-state index in [1.54, 1.807) is 55.9 Å². The third-order valence-corrected chi connectivity index (χ3v) is 6.72. The maximum absolute atomic E-state index is 13.7. The van der Waals surface area contributed by atoms with Gasteiger partial charge in [0.2, 0.25) is 0 Å². The van der Waals surface area contributed by atoms with Crippen molar-refractivity contribution in [3.63, 3.8) is 0 Å². The predicted octanol–water partition coefficient (Wildman–Crippen LogP) is 3.86. The van der Waals surface area contributed by atoms with Gasteiger partial charge in [0.05, 0.1) is 42.2 Å². The molecule has 1 aliphatic heterocycles. The summed E-state index contributed by atoms with van der Waals surface area (Å²) in [6.07, 6.45) is 1.79. The molecule has 7 nitrogen and oxygen atoms in total. The number of hydrogen-bond donors (Lipinski definition) is 0. The number of carbonyl (C=O) groups is 1. The first-order chi connectivity index (χ1) is 16.9. The van der Waals surface area contributed by atoms with E-state index in [1.807, 2.05) is 25.1 Å². The number of fused-ring (bicyclic) bond motifs is 1. The molecule has 2 aromatic carbocycles. The number of thiazole rings is 1. The summed E-state index contributed by atoms with van der Waals surface area (Å²) < 4.78 is 18.6. The first-order valence-corrected chi connectivity index (χ1v) is 12.3. The third-order valence-electron chi connectivity index (χ3n) is 5.49. The number of esters is 1. The zero-order chi connectivity index (χ0) is 25.1. The van der Waals surface area contributed by atoms with E-state index in [2.05, 4.69) is 4.99 Å². The second-order valence-corrected chi connectivity index (χ2v) is 9.14. The Balaban J connectivity index is 1.96. The van der Waals surface area contributed by atoms with E-state index in [0.717, 1.165) is 5.56 Å². The molecular formula is C26H25ClN2O5S. The SMILES string of the molecule is CCOC(=O)C1=C(C)N=c2s/c(=C\c3ccc(Cl)cc3)c(=O)n2C1c1ccc(OC)c(OCC)c1. The molecule has 0 spiro atoms. The molecule has 0 amide bonds. The number of nitrogens with zero attached hydrogens (tertiary/aromatic N) is 2. The highest BCUT2D eigenvalue weighted by atomic mass is 35.5. The van der Waals surface area contributed by atoms with Crippen LogP contribution in [0, 0.1) is 0 Å². The molecule has 0 N–H and O–H groups in total. The maximum atomic E-state index is 13.7. The van der Waals surface area contributed by atoms with E-state index >= 15 is 0 Å². The third kappa shape index (κ3) is 4.90. The van der Waals surface area contributed by atoms with E-state index in [9.17, 15) is 9.59 Å². The lowest BCUT2D eigenvalue weighted by Crippen LogP contribution is -2.40. The smallest absolute Gasteiger partial charge is 0.338 e. The minimum Gasteiger partial charge on any atom is -0.493 e. The minimum absolute atomic E-state index is 0.204. The van der Waals surface area contributed by atoms with Gasteiger partial charge in [0.15, 0.2) is 16.3 Å². The van der Waals surface area contributed by atoms with Gasteiger partial charge in [-0.05, 0) is 62.2 Å². The van der Waals surface area contributed by atoms with Crippen molar-refractivity contribution in [2.45, 2.75) is 26.8 Å². The van der Waals surface area contributed by atoms with Gasteiger partial charge in [0, 0.05) is 5.02 Å². The van der Waals surface area contributed by atoms with Crippen LogP contribution >= 0.6 is 22.9 Å². The summed E-state index contributed by atoms with van der Waals surface area (Å²) in [6, 6.07) is 11.9. The highest BCUT2D eigenvalue weighted by Gasteiger charge is 2.33. The molecule has 1 aromatic heterocycles. The van der Waals surface area contributed by atoms with Crippen LogP contribution in [0.1, 0.15) is 37.9 Å². The van der Waals surface area contributed by atoms with Crippen LogP contribution in [-0.2, 0) is 9.53 Å². The summed E-state index contributed by atoms with van der Waals surface area (Å²) in [7, 11) is 1.56. The lowest BCUT2D eigenvalue weighted by Gasteiger charge is -2.25. The fourth-order valence-electron chi connectivity index (χ4n) is 3.95. The molecule has 0 saturated carbocycles. The first kappa shape index (κ1) is 24.8. The first-order valence-electron chi connectivity index (χ1n) is 11.1. The zero-order valence-corrected chi connectivity index (χ0v) is 21.4. The van der Waals surface area contributed by atoms with Gasteiger partial charge >= 0.3 is 5.97 Å². The molecule has 1 atom stereocenters. The van der Waals surface area contributed by atoms with E-state index in [4.69, 9.17) is 25.8 Å². The molecule has 0 saturated heterocycles. The van der Waals surface area contributed by atoms with E-state index in [-0.39, 0.29) is 12.2 Å². The van der Waals surface area contributed by atoms with Crippen molar-refractivity contribution < 1.29 is 19.0 Å². The van der Waals surface area contributed by atoms with Crippen LogP contribution in [0.4, 0.5) is 0 Å². The van der Waals surface area contributed by atoms with Crippen LogP contribution in [0.15, 0.2) is 63.5 Å². The topological polar surface area (TPSA) is 79.1 Å². The van der Waals surface area contributed by atoms with Gasteiger partial charge in [-0.1, -0.05) is 41.1 Å². The Labute approximate surface area is 211 Å².